The van der Waals surface area contributed by atoms with Gasteiger partial charge in [0, 0.05) is 12.1 Å². The molecule has 0 aromatic heterocycles. The van der Waals surface area contributed by atoms with Crippen molar-refractivity contribution in [1.29, 1.82) is 0 Å². The van der Waals surface area contributed by atoms with Crippen LogP contribution in [0.25, 0.3) is 0 Å². The Morgan fingerprint density at radius 3 is 1.12 bits per heavy atom. The highest BCUT2D eigenvalue weighted by Crippen LogP contribution is 2.32. The Bertz CT molecular complexity index is 351. The smallest absolute Gasteiger partial charge is 0.0460 e. The molecule has 1 N–H and O–H groups in total. The summed E-state index contributed by atoms with van der Waals surface area (Å²) in [5, 5.41) is 12.9. The topological polar surface area (TPSA) is 23.5 Å². The summed E-state index contributed by atoms with van der Waals surface area (Å²) in [6, 6.07) is 0. The second-order valence-electron chi connectivity index (χ2n) is 10.6. The molecular weight excluding hydrogens is 390 g/mol. The first-order chi connectivity index (χ1) is 15.7. The summed E-state index contributed by atoms with van der Waals surface area (Å²) in [6.45, 7) is 10.0. The van der Waals surface area contributed by atoms with Gasteiger partial charge in [-0.2, -0.15) is 5.06 Å². The van der Waals surface area contributed by atoms with Gasteiger partial charge in [0.15, 0.2) is 0 Å². The van der Waals surface area contributed by atoms with E-state index < -0.39 is 0 Å². The molecule has 194 valence electrons. The summed E-state index contributed by atoms with van der Waals surface area (Å²) in [7, 11) is 0. The van der Waals surface area contributed by atoms with E-state index in [0.29, 0.717) is 0 Å². The Labute approximate surface area is 204 Å². The van der Waals surface area contributed by atoms with Crippen LogP contribution in [0.1, 0.15) is 182 Å². The van der Waals surface area contributed by atoms with Crippen molar-refractivity contribution in [2.75, 3.05) is 6.54 Å². The first-order valence-corrected chi connectivity index (χ1v) is 15.1. The second-order valence-corrected chi connectivity index (χ2v) is 10.6. The SMILES string of the molecule is CCCCCCCCCCCCN(O)C(CCC)(CCC)CCCCCCCCCCC. The minimum atomic E-state index is 0.0317. The molecule has 0 rings (SSSR count). The van der Waals surface area contributed by atoms with Gasteiger partial charge in [-0.05, 0) is 25.7 Å². The van der Waals surface area contributed by atoms with Crippen molar-refractivity contribution in [2.45, 2.75) is 187 Å². The average Bonchev–Trinajstić information content (AvgIpc) is 2.79. The third-order valence-electron chi connectivity index (χ3n) is 7.45. The molecule has 0 aliphatic heterocycles. The van der Waals surface area contributed by atoms with Crippen molar-refractivity contribution in [2.24, 2.45) is 0 Å². The quantitative estimate of drug-likeness (QED) is 0.104. The monoisotopic (exact) mass is 453 g/mol. The highest BCUT2D eigenvalue weighted by atomic mass is 16.5. The van der Waals surface area contributed by atoms with Gasteiger partial charge in [0.1, 0.15) is 0 Å². The van der Waals surface area contributed by atoms with E-state index in [4.69, 9.17) is 0 Å². The standard InChI is InChI=1S/C30H63NO/c1-5-9-11-13-15-17-19-21-23-25-29-31(32)30(26-7-3,27-8-4)28-24-22-20-18-16-14-12-10-6-2/h32H,5-29H2,1-4H3. The van der Waals surface area contributed by atoms with Crippen LogP contribution in [0, 0.1) is 0 Å². The second kappa shape index (κ2) is 24.1. The zero-order chi connectivity index (χ0) is 23.8. The van der Waals surface area contributed by atoms with E-state index in [9.17, 15) is 5.21 Å². The van der Waals surface area contributed by atoms with E-state index in [-0.39, 0.29) is 5.54 Å². The molecule has 0 aromatic carbocycles. The number of hydroxylamine groups is 2. The molecule has 0 saturated carbocycles. The fourth-order valence-corrected chi connectivity index (χ4v) is 5.44. The largest absolute Gasteiger partial charge is 0.313 e. The summed E-state index contributed by atoms with van der Waals surface area (Å²) in [5.74, 6) is 0. The summed E-state index contributed by atoms with van der Waals surface area (Å²) >= 11 is 0. The minimum absolute atomic E-state index is 0.0317. The van der Waals surface area contributed by atoms with Gasteiger partial charge in [0.05, 0.1) is 0 Å². The van der Waals surface area contributed by atoms with Gasteiger partial charge < -0.3 is 5.21 Å². The molecule has 0 spiro atoms. The van der Waals surface area contributed by atoms with Crippen molar-refractivity contribution >= 4 is 0 Å². The lowest BCUT2D eigenvalue weighted by Gasteiger charge is -2.41. The number of hydrogen-bond donors (Lipinski definition) is 1. The van der Waals surface area contributed by atoms with E-state index in [1.54, 1.807) is 5.06 Å². The molecule has 2 nitrogen and oxygen atoms in total. The lowest BCUT2D eigenvalue weighted by atomic mass is 9.82. The zero-order valence-corrected chi connectivity index (χ0v) is 23.1. The van der Waals surface area contributed by atoms with Crippen molar-refractivity contribution in [3.63, 3.8) is 0 Å². The Kier molecular flexibility index (Phi) is 24.0. The van der Waals surface area contributed by atoms with Crippen molar-refractivity contribution in [3.8, 4) is 0 Å². The number of hydrogen-bond acceptors (Lipinski definition) is 2. The van der Waals surface area contributed by atoms with E-state index in [2.05, 4.69) is 27.7 Å². The Morgan fingerprint density at radius 2 is 0.750 bits per heavy atom. The molecule has 0 aliphatic rings. The van der Waals surface area contributed by atoms with Gasteiger partial charge in [0.2, 0.25) is 0 Å². The fourth-order valence-electron chi connectivity index (χ4n) is 5.44. The van der Waals surface area contributed by atoms with E-state index >= 15 is 0 Å². The van der Waals surface area contributed by atoms with Crippen LogP contribution >= 0.6 is 0 Å². The molecule has 0 saturated heterocycles. The van der Waals surface area contributed by atoms with Crippen LogP contribution in [0.2, 0.25) is 0 Å². The van der Waals surface area contributed by atoms with Gasteiger partial charge in [-0.1, -0.05) is 156 Å². The average molecular weight is 454 g/mol. The van der Waals surface area contributed by atoms with Gasteiger partial charge in [-0.15, -0.1) is 0 Å². The van der Waals surface area contributed by atoms with Gasteiger partial charge in [0.25, 0.3) is 0 Å². The summed E-state index contributed by atoms with van der Waals surface area (Å²) in [6.07, 6.45) is 31.8. The van der Waals surface area contributed by atoms with Crippen molar-refractivity contribution in [3.05, 3.63) is 0 Å². The Balaban J connectivity index is 4.11. The van der Waals surface area contributed by atoms with Crippen LogP contribution in [-0.4, -0.2) is 22.4 Å². The predicted molar refractivity (Wildman–Crippen MR) is 145 cm³/mol. The molecule has 0 atom stereocenters. The van der Waals surface area contributed by atoms with Crippen LogP contribution in [0.5, 0.6) is 0 Å². The number of nitrogens with zero attached hydrogens (tertiary/aromatic N) is 1. The van der Waals surface area contributed by atoms with Crippen LogP contribution in [0.4, 0.5) is 0 Å². The highest BCUT2D eigenvalue weighted by molar-refractivity contribution is 4.86. The third kappa shape index (κ3) is 17.4. The number of rotatable bonds is 26. The normalized spacial score (nSPS) is 12.2. The van der Waals surface area contributed by atoms with E-state index in [0.717, 1.165) is 25.8 Å². The van der Waals surface area contributed by atoms with Crippen molar-refractivity contribution < 1.29 is 5.21 Å². The fraction of sp³-hybridized carbons (Fsp3) is 1.00. The predicted octanol–water partition coefficient (Wildman–Crippen LogP) is 10.9. The minimum Gasteiger partial charge on any atom is -0.313 e. The molecule has 0 amide bonds. The first kappa shape index (κ1) is 31.9. The van der Waals surface area contributed by atoms with Gasteiger partial charge in [-0.3, -0.25) is 0 Å². The zero-order valence-electron chi connectivity index (χ0n) is 23.1. The maximum atomic E-state index is 11.1. The lowest BCUT2D eigenvalue weighted by molar-refractivity contribution is -0.184. The molecule has 0 radical (unpaired) electrons. The van der Waals surface area contributed by atoms with Crippen molar-refractivity contribution in [1.82, 2.24) is 5.06 Å². The van der Waals surface area contributed by atoms with Crippen LogP contribution in [0.3, 0.4) is 0 Å². The van der Waals surface area contributed by atoms with E-state index in [1.807, 2.05) is 0 Å². The van der Waals surface area contributed by atoms with Crippen LogP contribution in [0.15, 0.2) is 0 Å². The Hall–Kier alpha value is -0.0800. The molecule has 2 heteroatoms. The Morgan fingerprint density at radius 1 is 0.406 bits per heavy atom. The van der Waals surface area contributed by atoms with Crippen LogP contribution in [-0.2, 0) is 0 Å². The van der Waals surface area contributed by atoms with E-state index in [1.165, 1.54) is 135 Å². The molecule has 0 aromatic rings. The maximum Gasteiger partial charge on any atom is 0.0460 e. The molecule has 0 fully saturated rings. The third-order valence-corrected chi connectivity index (χ3v) is 7.45. The summed E-state index contributed by atoms with van der Waals surface area (Å²) in [4.78, 5) is 0. The highest BCUT2D eigenvalue weighted by Gasteiger charge is 2.33. The molecule has 0 unspecified atom stereocenters. The summed E-state index contributed by atoms with van der Waals surface area (Å²) in [5.41, 5.74) is 0.0317. The molecule has 0 aliphatic carbocycles. The lowest BCUT2D eigenvalue weighted by Crippen LogP contribution is -2.47. The van der Waals surface area contributed by atoms with Crippen LogP contribution < -0.4 is 0 Å². The summed E-state index contributed by atoms with van der Waals surface area (Å²) < 4.78 is 0. The first-order valence-electron chi connectivity index (χ1n) is 15.1. The molecule has 0 heterocycles. The molecule has 0 bridgehead atoms. The maximum absolute atomic E-state index is 11.1. The molecule has 32 heavy (non-hydrogen) atoms. The number of unbranched alkanes of at least 4 members (excludes halogenated alkanes) is 17. The van der Waals surface area contributed by atoms with Gasteiger partial charge in [-0.25, -0.2) is 0 Å². The molecular formula is C30H63NO. The van der Waals surface area contributed by atoms with Gasteiger partial charge >= 0.3 is 0 Å².